The Hall–Kier alpha value is -1.34. The van der Waals surface area contributed by atoms with Gasteiger partial charge in [0.2, 0.25) is 11.8 Å². The van der Waals surface area contributed by atoms with Gasteiger partial charge in [-0.2, -0.15) is 0 Å². The smallest absolute Gasteiger partial charge is 0.238 e. The molecule has 0 aliphatic carbocycles. The van der Waals surface area contributed by atoms with Gasteiger partial charge in [-0.25, -0.2) is 0 Å². The third-order valence-electron chi connectivity index (χ3n) is 5.20. The van der Waals surface area contributed by atoms with Gasteiger partial charge in [-0.1, -0.05) is 29.3 Å². The van der Waals surface area contributed by atoms with Crippen LogP contribution in [-0.4, -0.2) is 78.9 Å². The van der Waals surface area contributed by atoms with Crippen LogP contribution in [0.2, 0.25) is 10.0 Å². The molecule has 1 N–H and O–H groups in total. The van der Waals surface area contributed by atoms with E-state index in [0.717, 1.165) is 57.7 Å². The highest BCUT2D eigenvalue weighted by Gasteiger charge is 2.24. The summed E-state index contributed by atoms with van der Waals surface area (Å²) >= 11 is 12.4. The van der Waals surface area contributed by atoms with Crippen LogP contribution < -0.4 is 5.32 Å². The Morgan fingerprint density at radius 2 is 1.56 bits per heavy atom. The molecule has 0 radical (unpaired) electrons. The van der Waals surface area contributed by atoms with Crippen LogP contribution in [0.4, 0.5) is 5.69 Å². The van der Waals surface area contributed by atoms with Crippen molar-refractivity contribution in [2.45, 2.75) is 19.8 Å². The number of amides is 2. The Balaban J connectivity index is 1.44. The van der Waals surface area contributed by atoms with Crippen LogP contribution in [0.1, 0.15) is 18.4 Å². The van der Waals surface area contributed by atoms with Gasteiger partial charge in [0, 0.05) is 39.3 Å². The molecule has 2 aliphatic rings. The molecule has 0 atom stereocenters. The monoisotopic (exact) mass is 412 g/mol. The average molecular weight is 413 g/mol. The van der Waals surface area contributed by atoms with Crippen LogP contribution in [0.25, 0.3) is 0 Å². The summed E-state index contributed by atoms with van der Waals surface area (Å²) in [4.78, 5) is 30.8. The number of aryl methyl sites for hydroxylation is 1. The number of piperazine rings is 1. The second-order valence-electron chi connectivity index (χ2n) is 7.24. The van der Waals surface area contributed by atoms with Crippen molar-refractivity contribution < 1.29 is 9.59 Å². The Kier molecular flexibility index (Phi) is 6.98. The van der Waals surface area contributed by atoms with E-state index in [2.05, 4.69) is 15.1 Å². The summed E-state index contributed by atoms with van der Waals surface area (Å²) in [5.41, 5.74) is 1.34. The predicted molar refractivity (Wildman–Crippen MR) is 109 cm³/mol. The molecule has 0 aromatic heterocycles. The first kappa shape index (κ1) is 20.4. The minimum atomic E-state index is -0.133. The lowest BCUT2D eigenvalue weighted by Gasteiger charge is -2.34. The Morgan fingerprint density at radius 3 is 2.19 bits per heavy atom. The van der Waals surface area contributed by atoms with E-state index < -0.39 is 0 Å². The van der Waals surface area contributed by atoms with E-state index in [4.69, 9.17) is 23.2 Å². The SMILES string of the molecule is Cc1ccc(Cl)c(NC(=O)CN2CCN(CC(=O)N3CCCC3)CC2)c1Cl. The topological polar surface area (TPSA) is 55.9 Å². The van der Waals surface area contributed by atoms with E-state index in [1.807, 2.05) is 17.9 Å². The maximum atomic E-state index is 12.4. The Morgan fingerprint density at radius 1 is 0.963 bits per heavy atom. The van der Waals surface area contributed by atoms with E-state index in [-0.39, 0.29) is 18.4 Å². The van der Waals surface area contributed by atoms with E-state index >= 15 is 0 Å². The lowest BCUT2D eigenvalue weighted by atomic mass is 10.2. The zero-order valence-corrected chi connectivity index (χ0v) is 17.2. The minimum Gasteiger partial charge on any atom is -0.342 e. The van der Waals surface area contributed by atoms with Crippen LogP contribution in [0.3, 0.4) is 0 Å². The molecule has 0 spiro atoms. The van der Waals surface area contributed by atoms with Gasteiger partial charge < -0.3 is 10.2 Å². The van der Waals surface area contributed by atoms with Crippen LogP contribution in [-0.2, 0) is 9.59 Å². The van der Waals surface area contributed by atoms with Gasteiger partial charge in [0.1, 0.15) is 0 Å². The molecule has 2 fully saturated rings. The van der Waals surface area contributed by atoms with Crippen molar-refractivity contribution in [2.24, 2.45) is 0 Å². The minimum absolute atomic E-state index is 0.133. The lowest BCUT2D eigenvalue weighted by Crippen LogP contribution is -2.51. The average Bonchev–Trinajstić information content (AvgIpc) is 3.18. The van der Waals surface area contributed by atoms with Crippen molar-refractivity contribution in [3.63, 3.8) is 0 Å². The maximum Gasteiger partial charge on any atom is 0.238 e. The molecular weight excluding hydrogens is 387 g/mol. The number of carbonyl (C=O) groups is 2. The summed E-state index contributed by atoms with van der Waals surface area (Å²) in [5, 5.41) is 3.74. The van der Waals surface area contributed by atoms with Crippen LogP contribution in [0, 0.1) is 6.92 Å². The number of anilines is 1. The summed E-state index contributed by atoms with van der Waals surface area (Å²) in [6.45, 7) is 7.52. The van der Waals surface area contributed by atoms with Gasteiger partial charge in [0.05, 0.1) is 28.8 Å². The van der Waals surface area contributed by atoms with Gasteiger partial charge in [-0.3, -0.25) is 19.4 Å². The quantitative estimate of drug-likeness (QED) is 0.806. The number of benzene rings is 1. The molecule has 2 aliphatic heterocycles. The van der Waals surface area contributed by atoms with Gasteiger partial charge in [0.25, 0.3) is 0 Å². The zero-order chi connectivity index (χ0) is 19.4. The highest BCUT2D eigenvalue weighted by atomic mass is 35.5. The third-order valence-corrected chi connectivity index (χ3v) is 6.00. The van der Waals surface area contributed by atoms with Crippen LogP contribution in [0.15, 0.2) is 12.1 Å². The van der Waals surface area contributed by atoms with Gasteiger partial charge in [-0.15, -0.1) is 0 Å². The first-order valence-corrected chi connectivity index (χ1v) is 10.2. The molecule has 0 bridgehead atoms. The molecule has 27 heavy (non-hydrogen) atoms. The molecule has 148 valence electrons. The first-order chi connectivity index (χ1) is 12.9. The molecule has 8 heteroatoms. The van der Waals surface area contributed by atoms with Gasteiger partial charge in [-0.05, 0) is 31.4 Å². The number of rotatable bonds is 5. The first-order valence-electron chi connectivity index (χ1n) is 9.41. The normalized spacial score (nSPS) is 18.7. The van der Waals surface area contributed by atoms with Crippen molar-refractivity contribution in [1.82, 2.24) is 14.7 Å². The van der Waals surface area contributed by atoms with Crippen LogP contribution in [0.5, 0.6) is 0 Å². The number of nitrogens with zero attached hydrogens (tertiary/aromatic N) is 3. The van der Waals surface area contributed by atoms with Crippen molar-refractivity contribution >= 4 is 40.7 Å². The van der Waals surface area contributed by atoms with E-state index in [9.17, 15) is 9.59 Å². The number of hydrogen-bond acceptors (Lipinski definition) is 4. The molecule has 6 nitrogen and oxygen atoms in total. The van der Waals surface area contributed by atoms with E-state index in [1.165, 1.54) is 0 Å². The van der Waals surface area contributed by atoms with Crippen molar-refractivity contribution in [3.8, 4) is 0 Å². The molecule has 1 aromatic rings. The van der Waals surface area contributed by atoms with Crippen molar-refractivity contribution in [3.05, 3.63) is 27.7 Å². The molecule has 0 unspecified atom stereocenters. The number of likely N-dealkylation sites (tertiary alicyclic amines) is 1. The zero-order valence-electron chi connectivity index (χ0n) is 15.6. The highest BCUT2D eigenvalue weighted by Crippen LogP contribution is 2.32. The number of carbonyl (C=O) groups excluding carboxylic acids is 2. The second-order valence-corrected chi connectivity index (χ2v) is 8.03. The summed E-state index contributed by atoms with van der Waals surface area (Å²) in [6, 6.07) is 3.55. The fourth-order valence-corrected chi connectivity index (χ4v) is 3.98. The lowest BCUT2D eigenvalue weighted by molar-refractivity contribution is -0.132. The molecular formula is C19H26Cl2N4O2. The standard InChI is InChI=1S/C19H26Cl2N4O2/c1-14-4-5-15(20)19(18(14)21)22-16(26)12-23-8-10-24(11-9-23)13-17(27)25-6-2-3-7-25/h4-5H,2-3,6-13H2,1H3,(H,22,26). The predicted octanol–water partition coefficient (Wildman–Crippen LogP) is 2.48. The fourth-order valence-electron chi connectivity index (χ4n) is 3.52. The van der Waals surface area contributed by atoms with Crippen LogP contribution >= 0.6 is 23.2 Å². The van der Waals surface area contributed by atoms with Crippen molar-refractivity contribution in [1.29, 1.82) is 0 Å². The highest BCUT2D eigenvalue weighted by molar-refractivity contribution is 6.40. The molecule has 2 saturated heterocycles. The molecule has 0 saturated carbocycles. The maximum absolute atomic E-state index is 12.4. The van der Waals surface area contributed by atoms with E-state index in [0.29, 0.717) is 22.3 Å². The summed E-state index contributed by atoms with van der Waals surface area (Å²) < 4.78 is 0. The number of nitrogens with one attached hydrogen (secondary N) is 1. The fraction of sp³-hybridized carbons (Fsp3) is 0.579. The Bertz CT molecular complexity index is 699. The summed E-state index contributed by atoms with van der Waals surface area (Å²) in [5.74, 6) is 0.0911. The molecule has 2 amide bonds. The molecule has 1 aromatic carbocycles. The Labute approximate surface area is 170 Å². The second kappa shape index (κ2) is 9.24. The van der Waals surface area contributed by atoms with Gasteiger partial charge in [0.15, 0.2) is 0 Å². The van der Waals surface area contributed by atoms with Crippen molar-refractivity contribution in [2.75, 3.05) is 57.7 Å². The largest absolute Gasteiger partial charge is 0.342 e. The summed E-state index contributed by atoms with van der Waals surface area (Å²) in [7, 11) is 0. The van der Waals surface area contributed by atoms with Gasteiger partial charge >= 0.3 is 0 Å². The third kappa shape index (κ3) is 5.35. The number of halogens is 2. The van der Waals surface area contributed by atoms with E-state index in [1.54, 1.807) is 6.07 Å². The molecule has 2 heterocycles. The summed E-state index contributed by atoms with van der Waals surface area (Å²) in [6.07, 6.45) is 2.23. The molecule has 3 rings (SSSR count). The number of hydrogen-bond donors (Lipinski definition) is 1.